The van der Waals surface area contributed by atoms with Gasteiger partial charge in [0.25, 0.3) is 0 Å². The van der Waals surface area contributed by atoms with Crippen molar-refractivity contribution < 1.29 is 10.6 Å². The third kappa shape index (κ3) is 1.77. The summed E-state index contributed by atoms with van der Waals surface area (Å²) >= 11 is 0. The van der Waals surface area contributed by atoms with Crippen LogP contribution >= 0.6 is 0 Å². The normalized spacial score (nSPS) is 7.50. The van der Waals surface area contributed by atoms with Gasteiger partial charge in [-0.3, -0.25) is 0 Å². The maximum atomic E-state index is 8.74. The number of phenols is 1. The van der Waals surface area contributed by atoms with Crippen LogP contribution in [0.15, 0.2) is 24.3 Å². The van der Waals surface area contributed by atoms with E-state index in [9.17, 15) is 0 Å². The summed E-state index contributed by atoms with van der Waals surface area (Å²) in [6.45, 7) is 0. The van der Waals surface area contributed by atoms with Crippen molar-refractivity contribution in [2.75, 3.05) is 0 Å². The Kier molecular flexibility index (Phi) is 2.95. The van der Waals surface area contributed by atoms with Gasteiger partial charge >= 0.3 is 0 Å². The molecule has 0 fully saturated rings. The first-order valence-corrected chi connectivity index (χ1v) is 2.52. The molecule has 0 heterocycles. The SMILES string of the molecule is N#Cc1ccc(O)cc1.O. The Morgan fingerprint density at radius 1 is 1.20 bits per heavy atom. The molecule has 1 aromatic carbocycles. The fourth-order valence-electron chi connectivity index (χ4n) is 0.536. The van der Waals surface area contributed by atoms with E-state index in [1.54, 1.807) is 12.1 Å². The Morgan fingerprint density at radius 2 is 1.70 bits per heavy atom. The topological polar surface area (TPSA) is 75.5 Å². The highest BCUT2D eigenvalue weighted by atomic mass is 16.3. The van der Waals surface area contributed by atoms with E-state index in [4.69, 9.17) is 10.4 Å². The van der Waals surface area contributed by atoms with E-state index in [0.717, 1.165) is 0 Å². The molecule has 0 aliphatic heterocycles. The second kappa shape index (κ2) is 3.49. The van der Waals surface area contributed by atoms with Crippen LogP contribution in [0.4, 0.5) is 0 Å². The summed E-state index contributed by atoms with van der Waals surface area (Å²) in [4.78, 5) is 0. The largest absolute Gasteiger partial charge is 0.508 e. The minimum atomic E-state index is 0. The molecule has 0 atom stereocenters. The van der Waals surface area contributed by atoms with Gasteiger partial charge in [-0.1, -0.05) is 0 Å². The zero-order valence-electron chi connectivity index (χ0n) is 5.20. The maximum Gasteiger partial charge on any atom is 0.115 e. The Bertz CT molecular complexity index is 235. The summed E-state index contributed by atoms with van der Waals surface area (Å²) in [5.41, 5.74) is 0.563. The fraction of sp³-hybridized carbons (Fsp3) is 0. The van der Waals surface area contributed by atoms with Crippen LogP contribution in [0.5, 0.6) is 5.75 Å². The summed E-state index contributed by atoms with van der Waals surface area (Å²) in [5, 5.41) is 17.0. The van der Waals surface area contributed by atoms with E-state index in [1.807, 2.05) is 6.07 Å². The van der Waals surface area contributed by atoms with E-state index >= 15 is 0 Å². The van der Waals surface area contributed by atoms with Crippen molar-refractivity contribution in [3.05, 3.63) is 29.8 Å². The molecular formula is C7H7NO2. The van der Waals surface area contributed by atoms with E-state index < -0.39 is 0 Å². The van der Waals surface area contributed by atoms with Gasteiger partial charge in [-0.05, 0) is 24.3 Å². The van der Waals surface area contributed by atoms with Crippen LogP contribution in [0.1, 0.15) is 5.56 Å². The summed E-state index contributed by atoms with van der Waals surface area (Å²) in [6, 6.07) is 8.04. The standard InChI is InChI=1S/C7H5NO.H2O/c8-5-6-1-3-7(9)4-2-6;/h1-4,9H;1H2. The Labute approximate surface area is 58.5 Å². The lowest BCUT2D eigenvalue weighted by Crippen LogP contribution is -1.69. The molecule has 0 aromatic heterocycles. The molecule has 3 N–H and O–H groups in total. The number of aromatic hydroxyl groups is 1. The number of hydrogen-bond acceptors (Lipinski definition) is 2. The van der Waals surface area contributed by atoms with Crippen LogP contribution in [-0.4, -0.2) is 10.6 Å². The highest BCUT2D eigenvalue weighted by molar-refractivity contribution is 5.33. The van der Waals surface area contributed by atoms with E-state index in [0.29, 0.717) is 5.56 Å². The number of hydrogen-bond donors (Lipinski definition) is 1. The molecule has 0 saturated heterocycles. The fourth-order valence-corrected chi connectivity index (χ4v) is 0.536. The van der Waals surface area contributed by atoms with Gasteiger partial charge in [0.2, 0.25) is 0 Å². The summed E-state index contributed by atoms with van der Waals surface area (Å²) in [6.07, 6.45) is 0. The molecule has 0 unspecified atom stereocenters. The second-order valence-corrected chi connectivity index (χ2v) is 1.66. The van der Waals surface area contributed by atoms with Crippen LogP contribution in [0, 0.1) is 11.3 Å². The molecule has 0 bridgehead atoms. The molecule has 1 rings (SSSR count). The number of benzene rings is 1. The smallest absolute Gasteiger partial charge is 0.115 e. The maximum absolute atomic E-state index is 8.74. The van der Waals surface area contributed by atoms with Crippen LogP contribution in [-0.2, 0) is 0 Å². The van der Waals surface area contributed by atoms with Crippen LogP contribution in [0.25, 0.3) is 0 Å². The molecule has 3 nitrogen and oxygen atoms in total. The van der Waals surface area contributed by atoms with E-state index in [-0.39, 0.29) is 11.2 Å². The lowest BCUT2D eigenvalue weighted by Gasteiger charge is -1.87. The molecule has 3 heteroatoms. The third-order valence-corrected chi connectivity index (χ3v) is 0.996. The second-order valence-electron chi connectivity index (χ2n) is 1.66. The molecule has 0 spiro atoms. The molecule has 0 aliphatic rings. The molecular weight excluding hydrogens is 130 g/mol. The van der Waals surface area contributed by atoms with Crippen molar-refractivity contribution in [1.29, 1.82) is 5.26 Å². The highest BCUT2D eigenvalue weighted by Gasteiger charge is 1.86. The van der Waals surface area contributed by atoms with Crippen LogP contribution < -0.4 is 0 Å². The third-order valence-electron chi connectivity index (χ3n) is 0.996. The first-order chi connectivity index (χ1) is 4.33. The number of nitrogens with zero attached hydrogens (tertiary/aromatic N) is 1. The molecule has 0 amide bonds. The molecule has 0 saturated carbocycles. The Balaban J connectivity index is 0.000000810. The molecule has 0 aliphatic carbocycles. The van der Waals surface area contributed by atoms with Crippen LogP contribution in [0.3, 0.4) is 0 Å². The summed E-state index contributed by atoms with van der Waals surface area (Å²) < 4.78 is 0. The Hall–Kier alpha value is -1.53. The lowest BCUT2D eigenvalue weighted by atomic mass is 10.2. The molecule has 10 heavy (non-hydrogen) atoms. The van der Waals surface area contributed by atoms with E-state index in [1.165, 1.54) is 12.1 Å². The highest BCUT2D eigenvalue weighted by Crippen LogP contribution is 2.07. The minimum Gasteiger partial charge on any atom is -0.508 e. The first kappa shape index (κ1) is 8.47. The van der Waals surface area contributed by atoms with Crippen molar-refractivity contribution in [3.8, 4) is 11.8 Å². The average Bonchev–Trinajstić information content (AvgIpc) is 1.90. The van der Waals surface area contributed by atoms with Gasteiger partial charge in [0, 0.05) is 0 Å². The van der Waals surface area contributed by atoms with Crippen molar-refractivity contribution in [3.63, 3.8) is 0 Å². The van der Waals surface area contributed by atoms with Crippen molar-refractivity contribution in [2.45, 2.75) is 0 Å². The van der Waals surface area contributed by atoms with Gasteiger partial charge in [-0.25, -0.2) is 0 Å². The van der Waals surface area contributed by atoms with Gasteiger partial charge in [0.1, 0.15) is 5.75 Å². The number of rotatable bonds is 0. The minimum absolute atomic E-state index is 0. The summed E-state index contributed by atoms with van der Waals surface area (Å²) in [5.74, 6) is 0.189. The van der Waals surface area contributed by atoms with Crippen molar-refractivity contribution in [1.82, 2.24) is 0 Å². The van der Waals surface area contributed by atoms with Gasteiger partial charge in [-0.15, -0.1) is 0 Å². The predicted octanol–water partition coefficient (Wildman–Crippen LogP) is 0.439. The molecule has 0 radical (unpaired) electrons. The van der Waals surface area contributed by atoms with Crippen LogP contribution in [0.2, 0.25) is 0 Å². The Morgan fingerprint density at radius 3 is 2.10 bits per heavy atom. The van der Waals surface area contributed by atoms with Gasteiger partial charge in [-0.2, -0.15) is 5.26 Å². The van der Waals surface area contributed by atoms with Gasteiger partial charge in [0.15, 0.2) is 0 Å². The molecule has 1 aromatic rings. The van der Waals surface area contributed by atoms with Gasteiger partial charge < -0.3 is 10.6 Å². The zero-order valence-corrected chi connectivity index (χ0v) is 5.20. The van der Waals surface area contributed by atoms with Gasteiger partial charge in [0.05, 0.1) is 11.6 Å². The molecule has 52 valence electrons. The van der Waals surface area contributed by atoms with E-state index in [2.05, 4.69) is 0 Å². The number of nitriles is 1. The summed E-state index contributed by atoms with van der Waals surface area (Å²) in [7, 11) is 0. The zero-order chi connectivity index (χ0) is 6.69. The first-order valence-electron chi connectivity index (χ1n) is 2.52. The lowest BCUT2D eigenvalue weighted by molar-refractivity contribution is 0.475. The van der Waals surface area contributed by atoms with Crippen molar-refractivity contribution >= 4 is 0 Å². The quantitative estimate of drug-likeness (QED) is 0.563. The average molecular weight is 137 g/mol. The van der Waals surface area contributed by atoms with Crippen molar-refractivity contribution in [2.24, 2.45) is 0 Å². The monoisotopic (exact) mass is 137 g/mol. The number of phenolic OH excluding ortho intramolecular Hbond substituents is 1. The predicted molar refractivity (Wildman–Crippen MR) is 36.4 cm³/mol.